The maximum absolute atomic E-state index is 10.9. The van der Waals surface area contributed by atoms with E-state index in [1.807, 2.05) is 18.2 Å². The highest BCUT2D eigenvalue weighted by Crippen LogP contribution is 2.20. The number of rotatable bonds is 5. The van der Waals surface area contributed by atoms with Crippen molar-refractivity contribution < 1.29 is 9.66 Å². The number of hydrogen-bond donors (Lipinski definition) is 1. The minimum absolute atomic E-state index is 0.0994. The van der Waals surface area contributed by atoms with Crippen molar-refractivity contribution in [2.75, 3.05) is 45.2 Å². The molecule has 8 nitrogen and oxygen atoms in total. The molecule has 2 aromatic carbocycles. The van der Waals surface area contributed by atoms with Crippen LogP contribution in [0.25, 0.3) is 0 Å². The van der Waals surface area contributed by atoms with Gasteiger partial charge < -0.3 is 19.9 Å². The molecule has 0 atom stereocenters. The van der Waals surface area contributed by atoms with Crippen LogP contribution in [0.1, 0.15) is 5.56 Å². The van der Waals surface area contributed by atoms with E-state index in [-0.39, 0.29) is 10.6 Å². The van der Waals surface area contributed by atoms with Gasteiger partial charge in [-0.25, -0.2) is 0 Å². The molecule has 28 heavy (non-hydrogen) atoms. The van der Waals surface area contributed by atoms with Crippen molar-refractivity contribution in [3.05, 3.63) is 64.2 Å². The number of methoxy groups -OCH3 is 1. The van der Waals surface area contributed by atoms with E-state index in [9.17, 15) is 10.1 Å². The average molecular weight is 383 g/mol. The summed E-state index contributed by atoms with van der Waals surface area (Å²) >= 11 is 0. The van der Waals surface area contributed by atoms with Crippen LogP contribution in [0.15, 0.2) is 53.5 Å². The summed E-state index contributed by atoms with van der Waals surface area (Å²) in [5.41, 5.74) is 2.13. The highest BCUT2D eigenvalue weighted by molar-refractivity contribution is 5.80. The first-order valence-corrected chi connectivity index (χ1v) is 9.18. The Morgan fingerprint density at radius 1 is 1.18 bits per heavy atom. The van der Waals surface area contributed by atoms with Gasteiger partial charge in [0.15, 0.2) is 5.96 Å². The molecule has 148 valence electrons. The molecular weight excluding hydrogens is 358 g/mol. The first-order chi connectivity index (χ1) is 13.6. The number of guanidine groups is 1. The molecule has 0 radical (unpaired) electrons. The summed E-state index contributed by atoms with van der Waals surface area (Å²) < 4.78 is 5.22. The van der Waals surface area contributed by atoms with Crippen molar-refractivity contribution >= 4 is 17.3 Å². The third-order valence-electron chi connectivity index (χ3n) is 4.80. The number of non-ortho nitro benzene ring substituents is 1. The molecule has 0 aliphatic carbocycles. The van der Waals surface area contributed by atoms with Gasteiger partial charge in [-0.15, -0.1) is 0 Å². The number of nitro groups is 1. The molecule has 0 amide bonds. The third kappa shape index (κ3) is 4.70. The van der Waals surface area contributed by atoms with Crippen molar-refractivity contribution in [3.63, 3.8) is 0 Å². The number of benzene rings is 2. The molecule has 1 fully saturated rings. The molecule has 1 aliphatic rings. The zero-order valence-corrected chi connectivity index (χ0v) is 16.2. The van der Waals surface area contributed by atoms with Crippen LogP contribution in [-0.4, -0.2) is 56.1 Å². The molecule has 0 unspecified atom stereocenters. The molecule has 0 spiro atoms. The van der Waals surface area contributed by atoms with E-state index in [4.69, 9.17) is 4.74 Å². The zero-order chi connectivity index (χ0) is 19.9. The Kier molecular flexibility index (Phi) is 6.31. The monoisotopic (exact) mass is 383 g/mol. The molecule has 0 bridgehead atoms. The van der Waals surface area contributed by atoms with Gasteiger partial charge in [-0.05, 0) is 29.8 Å². The lowest BCUT2D eigenvalue weighted by Crippen LogP contribution is -2.52. The fourth-order valence-corrected chi connectivity index (χ4v) is 3.26. The number of ether oxygens (including phenoxy) is 1. The topological polar surface area (TPSA) is 83.2 Å². The SMILES string of the molecule is CN=C(NCc1cccc([N+](=O)[O-])c1)N1CCN(c2ccc(OC)cc2)CC1. The third-order valence-corrected chi connectivity index (χ3v) is 4.80. The Bertz CT molecular complexity index is 830. The first-order valence-electron chi connectivity index (χ1n) is 9.18. The summed E-state index contributed by atoms with van der Waals surface area (Å²) in [6.07, 6.45) is 0. The summed E-state index contributed by atoms with van der Waals surface area (Å²) in [7, 11) is 3.42. The Labute approximate surface area is 164 Å². The summed E-state index contributed by atoms with van der Waals surface area (Å²) in [6.45, 7) is 3.97. The fourth-order valence-electron chi connectivity index (χ4n) is 3.26. The van der Waals surface area contributed by atoms with Gasteiger partial charge >= 0.3 is 0 Å². The molecule has 0 saturated carbocycles. The van der Waals surface area contributed by atoms with Crippen LogP contribution < -0.4 is 15.0 Å². The van der Waals surface area contributed by atoms with E-state index in [1.165, 1.54) is 11.8 Å². The standard InChI is InChI=1S/C20H25N5O3/c1-21-20(22-15-16-4-3-5-18(14-16)25(26)27)24-12-10-23(11-13-24)17-6-8-19(28-2)9-7-17/h3-9,14H,10-13,15H2,1-2H3,(H,21,22). The number of nitrogens with zero attached hydrogens (tertiary/aromatic N) is 4. The molecular formula is C20H25N5O3. The number of piperazine rings is 1. The number of anilines is 1. The lowest BCUT2D eigenvalue weighted by atomic mass is 10.2. The molecule has 1 heterocycles. The van der Waals surface area contributed by atoms with Crippen molar-refractivity contribution in [2.24, 2.45) is 4.99 Å². The number of nitro benzene ring substituents is 1. The quantitative estimate of drug-likeness (QED) is 0.370. The van der Waals surface area contributed by atoms with Gasteiger partial charge in [0.05, 0.1) is 12.0 Å². The van der Waals surface area contributed by atoms with Crippen LogP contribution in [0.2, 0.25) is 0 Å². The predicted molar refractivity (Wildman–Crippen MR) is 110 cm³/mol. The molecule has 8 heteroatoms. The van der Waals surface area contributed by atoms with Crippen molar-refractivity contribution in [3.8, 4) is 5.75 Å². The van der Waals surface area contributed by atoms with E-state index in [0.717, 1.165) is 43.5 Å². The number of nitrogens with one attached hydrogen (secondary N) is 1. The minimum Gasteiger partial charge on any atom is -0.497 e. The summed E-state index contributed by atoms with van der Waals surface area (Å²) in [5.74, 6) is 1.66. The van der Waals surface area contributed by atoms with Gasteiger partial charge in [-0.2, -0.15) is 0 Å². The molecule has 1 aliphatic heterocycles. The second kappa shape index (κ2) is 9.07. The van der Waals surface area contributed by atoms with Gasteiger partial charge in [0.25, 0.3) is 5.69 Å². The Morgan fingerprint density at radius 2 is 1.89 bits per heavy atom. The van der Waals surface area contributed by atoms with Crippen LogP contribution in [0.4, 0.5) is 11.4 Å². The maximum Gasteiger partial charge on any atom is 0.269 e. The Hall–Kier alpha value is -3.29. The molecule has 0 aromatic heterocycles. The summed E-state index contributed by atoms with van der Waals surface area (Å²) in [6, 6.07) is 14.7. The van der Waals surface area contributed by atoms with Crippen LogP contribution in [-0.2, 0) is 6.54 Å². The highest BCUT2D eigenvalue weighted by Gasteiger charge is 2.20. The Balaban J connectivity index is 1.54. The van der Waals surface area contributed by atoms with E-state index in [2.05, 4.69) is 32.2 Å². The molecule has 3 rings (SSSR count). The second-order valence-electron chi connectivity index (χ2n) is 6.50. The predicted octanol–water partition coefficient (Wildman–Crippen LogP) is 2.50. The largest absolute Gasteiger partial charge is 0.497 e. The highest BCUT2D eigenvalue weighted by atomic mass is 16.6. The smallest absolute Gasteiger partial charge is 0.269 e. The van der Waals surface area contributed by atoms with Crippen molar-refractivity contribution in [1.82, 2.24) is 10.2 Å². The maximum atomic E-state index is 10.9. The van der Waals surface area contributed by atoms with Crippen LogP contribution in [0.3, 0.4) is 0 Å². The van der Waals surface area contributed by atoms with Crippen molar-refractivity contribution in [1.29, 1.82) is 0 Å². The van der Waals surface area contributed by atoms with Crippen molar-refractivity contribution in [2.45, 2.75) is 6.54 Å². The summed E-state index contributed by atoms with van der Waals surface area (Å²) in [5, 5.41) is 14.2. The average Bonchev–Trinajstić information content (AvgIpc) is 2.75. The summed E-state index contributed by atoms with van der Waals surface area (Å²) in [4.78, 5) is 19.5. The van der Waals surface area contributed by atoms with Gasteiger partial charge in [-0.3, -0.25) is 15.1 Å². The number of aliphatic imine (C=N–C) groups is 1. The fraction of sp³-hybridized carbons (Fsp3) is 0.350. The Morgan fingerprint density at radius 3 is 2.50 bits per heavy atom. The van der Waals surface area contributed by atoms with E-state index in [0.29, 0.717) is 6.54 Å². The lowest BCUT2D eigenvalue weighted by molar-refractivity contribution is -0.384. The van der Waals surface area contributed by atoms with Crippen LogP contribution >= 0.6 is 0 Å². The normalized spacial score (nSPS) is 14.7. The van der Waals surface area contributed by atoms with Gasteiger partial charge in [0.1, 0.15) is 5.75 Å². The zero-order valence-electron chi connectivity index (χ0n) is 16.2. The minimum atomic E-state index is -0.378. The van der Waals surface area contributed by atoms with Crippen LogP contribution in [0, 0.1) is 10.1 Å². The van der Waals surface area contributed by atoms with E-state index >= 15 is 0 Å². The van der Waals surface area contributed by atoms with Gasteiger partial charge in [0, 0.05) is 57.6 Å². The molecule has 1 saturated heterocycles. The second-order valence-corrected chi connectivity index (χ2v) is 6.50. The number of hydrogen-bond acceptors (Lipinski definition) is 5. The van der Waals surface area contributed by atoms with Crippen LogP contribution in [0.5, 0.6) is 5.75 Å². The molecule has 2 aromatic rings. The van der Waals surface area contributed by atoms with E-state index in [1.54, 1.807) is 26.3 Å². The molecule has 1 N–H and O–H groups in total. The van der Waals surface area contributed by atoms with Gasteiger partial charge in [-0.1, -0.05) is 12.1 Å². The van der Waals surface area contributed by atoms with Gasteiger partial charge in [0.2, 0.25) is 0 Å². The van der Waals surface area contributed by atoms with E-state index < -0.39 is 0 Å². The lowest BCUT2D eigenvalue weighted by Gasteiger charge is -2.37. The first kappa shape index (κ1) is 19.5.